The third kappa shape index (κ3) is 8.02. The van der Waals surface area contributed by atoms with E-state index in [1.165, 1.54) is 31.2 Å². The molecule has 0 fully saturated rings. The number of aryl methyl sites for hydroxylation is 2. The van der Waals surface area contributed by atoms with Crippen LogP contribution in [0.25, 0.3) is 0 Å². The van der Waals surface area contributed by atoms with Crippen molar-refractivity contribution in [1.29, 1.82) is 0 Å². The van der Waals surface area contributed by atoms with Gasteiger partial charge < -0.3 is 9.64 Å². The minimum absolute atomic E-state index is 0.0249. The molecule has 0 aliphatic heterocycles. The first-order chi connectivity index (χ1) is 19.7. The molecule has 0 unspecified atom stereocenters. The van der Waals surface area contributed by atoms with E-state index in [-0.39, 0.29) is 30.6 Å². The topological polar surface area (TPSA) is 72.9 Å². The Morgan fingerprint density at radius 1 is 0.854 bits per heavy atom. The summed E-state index contributed by atoms with van der Waals surface area (Å²) in [5.74, 6) is -0.190. The maximum atomic E-state index is 14.5. The highest BCUT2D eigenvalue weighted by Crippen LogP contribution is 2.30. The van der Waals surface area contributed by atoms with E-state index in [0.717, 1.165) is 34.2 Å². The normalized spacial score (nSPS) is 11.3. The Hall–Kier alpha value is -4.01. The van der Waals surface area contributed by atoms with E-state index in [2.05, 4.69) is 0 Å². The third-order valence-corrected chi connectivity index (χ3v) is 8.03. The third-order valence-electron chi connectivity index (χ3n) is 6.71. The number of carbonyl (C=O) groups is 1. The van der Waals surface area contributed by atoms with Crippen LogP contribution >= 0.6 is 0 Å². The first kappa shape index (κ1) is 30.0. The molecular weight excluding hydrogens is 541 g/mol. The van der Waals surface area contributed by atoms with E-state index in [1.807, 2.05) is 56.3 Å². The number of benzene rings is 4. The Morgan fingerprint density at radius 2 is 1.59 bits per heavy atom. The lowest BCUT2D eigenvalue weighted by atomic mass is 10.0. The standard InChI is InChI=1S/C33H34FNO5S/c1-4-26-12-17-33(39-18-19-40-41(37,38)31-15-10-24(2)11-16-31)29(20-26)23-35(25(3)36)32-22-30(34)14-13-28(32)21-27-8-6-5-7-9-27/h5-17,20,22H,4,18-19,21,23H2,1-3H3. The predicted octanol–water partition coefficient (Wildman–Crippen LogP) is 6.62. The van der Waals surface area contributed by atoms with Gasteiger partial charge >= 0.3 is 0 Å². The monoisotopic (exact) mass is 575 g/mol. The summed E-state index contributed by atoms with van der Waals surface area (Å²) < 4.78 is 50.6. The summed E-state index contributed by atoms with van der Waals surface area (Å²) in [7, 11) is -3.92. The molecule has 1 amide bonds. The van der Waals surface area contributed by atoms with E-state index >= 15 is 0 Å². The summed E-state index contributed by atoms with van der Waals surface area (Å²) in [4.78, 5) is 14.6. The number of ether oxygens (including phenoxy) is 1. The van der Waals surface area contributed by atoms with Crippen molar-refractivity contribution in [3.8, 4) is 5.75 Å². The van der Waals surface area contributed by atoms with E-state index < -0.39 is 15.9 Å². The summed E-state index contributed by atoms with van der Waals surface area (Å²) in [5, 5.41) is 0. The fourth-order valence-corrected chi connectivity index (χ4v) is 5.37. The van der Waals surface area contributed by atoms with Crippen molar-refractivity contribution < 1.29 is 26.5 Å². The molecule has 0 atom stereocenters. The van der Waals surface area contributed by atoms with Crippen molar-refractivity contribution in [2.75, 3.05) is 18.1 Å². The number of hydrogen-bond acceptors (Lipinski definition) is 5. The lowest BCUT2D eigenvalue weighted by Crippen LogP contribution is -2.29. The lowest BCUT2D eigenvalue weighted by Gasteiger charge is -2.26. The summed E-state index contributed by atoms with van der Waals surface area (Å²) in [6.45, 7) is 5.28. The Balaban J connectivity index is 1.54. The average molecular weight is 576 g/mol. The van der Waals surface area contributed by atoms with Crippen LogP contribution in [0, 0.1) is 12.7 Å². The van der Waals surface area contributed by atoms with Gasteiger partial charge in [0.05, 0.1) is 17.1 Å². The van der Waals surface area contributed by atoms with Gasteiger partial charge in [0, 0.05) is 12.5 Å². The minimum atomic E-state index is -3.92. The van der Waals surface area contributed by atoms with Gasteiger partial charge in [-0.1, -0.05) is 73.2 Å². The second-order valence-electron chi connectivity index (χ2n) is 9.77. The summed E-state index contributed by atoms with van der Waals surface area (Å²) in [6.07, 6.45) is 1.30. The Labute approximate surface area is 241 Å². The molecule has 0 saturated carbocycles. The zero-order valence-corrected chi connectivity index (χ0v) is 24.3. The zero-order chi connectivity index (χ0) is 29.4. The number of nitrogens with zero attached hydrogens (tertiary/aromatic N) is 1. The molecule has 0 radical (unpaired) electrons. The van der Waals surface area contributed by atoms with Gasteiger partial charge in [0.2, 0.25) is 5.91 Å². The van der Waals surface area contributed by atoms with E-state index in [4.69, 9.17) is 8.92 Å². The molecule has 0 spiro atoms. The van der Waals surface area contributed by atoms with Crippen molar-refractivity contribution in [2.45, 2.75) is 45.1 Å². The van der Waals surface area contributed by atoms with Crippen LogP contribution in [0.3, 0.4) is 0 Å². The highest BCUT2D eigenvalue weighted by molar-refractivity contribution is 7.86. The van der Waals surface area contributed by atoms with Crippen molar-refractivity contribution in [2.24, 2.45) is 0 Å². The average Bonchev–Trinajstić information content (AvgIpc) is 2.96. The van der Waals surface area contributed by atoms with Crippen LogP contribution in [0.1, 0.15) is 41.7 Å². The van der Waals surface area contributed by atoms with Gasteiger partial charge in [-0.05, 0) is 66.8 Å². The first-order valence-electron chi connectivity index (χ1n) is 13.5. The molecule has 0 aliphatic rings. The van der Waals surface area contributed by atoms with E-state index in [9.17, 15) is 17.6 Å². The SMILES string of the molecule is CCc1ccc(OCCOS(=O)(=O)c2ccc(C)cc2)c(CN(C(C)=O)c2cc(F)ccc2Cc2ccccc2)c1. The summed E-state index contributed by atoms with van der Waals surface area (Å²) in [6, 6.07) is 26.4. The van der Waals surface area contributed by atoms with E-state index in [1.54, 1.807) is 29.2 Å². The molecule has 6 nitrogen and oxygen atoms in total. The zero-order valence-electron chi connectivity index (χ0n) is 23.5. The molecule has 0 aliphatic carbocycles. The fraction of sp³-hybridized carbons (Fsp3) is 0.242. The van der Waals surface area contributed by atoms with E-state index in [0.29, 0.717) is 17.9 Å². The van der Waals surface area contributed by atoms with Crippen molar-refractivity contribution >= 4 is 21.7 Å². The van der Waals surface area contributed by atoms with Gasteiger partial charge in [-0.25, -0.2) is 4.39 Å². The molecule has 214 valence electrons. The number of carbonyl (C=O) groups excluding carboxylic acids is 1. The number of anilines is 1. The van der Waals surface area contributed by atoms with Crippen LogP contribution in [-0.4, -0.2) is 27.5 Å². The Morgan fingerprint density at radius 3 is 2.27 bits per heavy atom. The molecule has 4 aromatic carbocycles. The number of amides is 1. The quantitative estimate of drug-likeness (QED) is 0.140. The molecule has 0 heterocycles. The minimum Gasteiger partial charge on any atom is -0.491 e. The van der Waals surface area contributed by atoms with Crippen LogP contribution in [0.5, 0.6) is 5.75 Å². The molecular formula is C33H34FNO5S. The smallest absolute Gasteiger partial charge is 0.297 e. The highest BCUT2D eigenvalue weighted by atomic mass is 32.2. The summed E-state index contributed by atoms with van der Waals surface area (Å²) >= 11 is 0. The predicted molar refractivity (Wildman–Crippen MR) is 158 cm³/mol. The fourth-order valence-electron chi connectivity index (χ4n) is 4.48. The maximum Gasteiger partial charge on any atom is 0.297 e. The molecule has 4 rings (SSSR count). The van der Waals surface area contributed by atoms with Gasteiger partial charge in [-0.2, -0.15) is 8.42 Å². The lowest BCUT2D eigenvalue weighted by molar-refractivity contribution is -0.116. The number of halogens is 1. The van der Waals surface area contributed by atoms with Gasteiger partial charge in [-0.15, -0.1) is 0 Å². The van der Waals surface area contributed by atoms with Gasteiger partial charge in [0.15, 0.2) is 0 Å². The van der Waals surface area contributed by atoms with Crippen molar-refractivity contribution in [3.05, 3.63) is 125 Å². The second kappa shape index (κ2) is 13.6. The van der Waals surface area contributed by atoms with Crippen LogP contribution < -0.4 is 9.64 Å². The van der Waals surface area contributed by atoms with Crippen LogP contribution in [0.15, 0.2) is 95.9 Å². The largest absolute Gasteiger partial charge is 0.491 e. The van der Waals surface area contributed by atoms with Gasteiger partial charge in [0.25, 0.3) is 10.1 Å². The second-order valence-corrected chi connectivity index (χ2v) is 11.4. The number of rotatable bonds is 12. The maximum absolute atomic E-state index is 14.5. The van der Waals surface area contributed by atoms with Crippen LogP contribution in [0.4, 0.5) is 10.1 Å². The Kier molecular flexibility index (Phi) is 9.91. The number of hydrogen-bond donors (Lipinski definition) is 0. The Bertz CT molecular complexity index is 1590. The molecule has 41 heavy (non-hydrogen) atoms. The van der Waals surface area contributed by atoms with Crippen LogP contribution in [0.2, 0.25) is 0 Å². The van der Waals surface area contributed by atoms with Gasteiger partial charge in [0.1, 0.15) is 24.8 Å². The van der Waals surface area contributed by atoms with Gasteiger partial charge in [-0.3, -0.25) is 8.98 Å². The first-order valence-corrected chi connectivity index (χ1v) is 14.9. The molecule has 0 N–H and O–H groups in total. The molecule has 0 aromatic heterocycles. The van der Waals surface area contributed by atoms with Crippen LogP contribution in [-0.2, 0) is 38.5 Å². The highest BCUT2D eigenvalue weighted by Gasteiger charge is 2.20. The molecule has 8 heteroatoms. The molecule has 4 aromatic rings. The van der Waals surface area contributed by atoms with Crippen molar-refractivity contribution in [1.82, 2.24) is 0 Å². The summed E-state index contributed by atoms with van der Waals surface area (Å²) in [5.41, 5.74) is 5.05. The molecule has 0 saturated heterocycles. The van der Waals surface area contributed by atoms with Crippen molar-refractivity contribution in [3.63, 3.8) is 0 Å². The molecule has 0 bridgehead atoms.